The van der Waals surface area contributed by atoms with E-state index in [4.69, 9.17) is 4.74 Å². The molecule has 0 aliphatic rings. The zero-order valence-electron chi connectivity index (χ0n) is 14.0. The first kappa shape index (κ1) is 19.7. The Labute approximate surface area is 168 Å². The fourth-order valence-electron chi connectivity index (χ4n) is 3.03. The molecule has 128 valence electrons. The van der Waals surface area contributed by atoms with Crippen molar-refractivity contribution < 1.29 is 33.5 Å². The minimum atomic E-state index is -2.94. The number of carbonyl (C=O) groups excluding carboxylic acids is 1. The second-order valence-electron chi connectivity index (χ2n) is 5.55. The molecule has 0 aromatic heterocycles. The van der Waals surface area contributed by atoms with E-state index in [1.807, 2.05) is 18.2 Å². The number of benzene rings is 3. The number of hydrogen-bond donors (Lipinski definition) is 0. The molecule has 0 bridgehead atoms. The molecular weight excluding hydrogens is 486 g/mol. The molecule has 2 nitrogen and oxygen atoms in total. The number of esters is 1. The maximum Gasteiger partial charge on any atom is -1.00 e. The summed E-state index contributed by atoms with van der Waals surface area (Å²) in [5.74, 6) is -0.154. The van der Waals surface area contributed by atoms with Gasteiger partial charge in [-0.1, -0.05) is 0 Å². The van der Waals surface area contributed by atoms with Crippen molar-refractivity contribution in [1.29, 1.82) is 0 Å². The Morgan fingerprint density at radius 1 is 0.720 bits per heavy atom. The first-order valence-corrected chi connectivity index (χ1v) is 12.0. The van der Waals surface area contributed by atoms with Gasteiger partial charge in [0.2, 0.25) is 0 Å². The summed E-state index contributed by atoms with van der Waals surface area (Å²) in [4.78, 5) is 12.4. The van der Waals surface area contributed by atoms with E-state index in [0.29, 0.717) is 5.21 Å². The van der Waals surface area contributed by atoms with Crippen LogP contribution in [-0.2, 0) is 9.53 Å². The third-order valence-electron chi connectivity index (χ3n) is 4.18. The van der Waals surface area contributed by atoms with E-state index in [-0.39, 0.29) is 29.9 Å². The third kappa shape index (κ3) is 4.16. The second-order valence-corrected chi connectivity index (χ2v) is 12.9. The van der Waals surface area contributed by atoms with Crippen LogP contribution in [0.2, 0.25) is 5.21 Å². The monoisotopic (exact) mass is 506 g/mol. The van der Waals surface area contributed by atoms with Crippen molar-refractivity contribution in [2.24, 2.45) is 0 Å². The van der Waals surface area contributed by atoms with Gasteiger partial charge in [-0.2, -0.15) is 0 Å². The van der Waals surface area contributed by atoms with Crippen LogP contribution in [0.25, 0.3) is 0 Å². The van der Waals surface area contributed by atoms with E-state index in [2.05, 4.69) is 72.8 Å². The summed E-state index contributed by atoms with van der Waals surface area (Å²) in [6, 6.07) is 31.2. The smallest absolute Gasteiger partial charge is 1.00 e. The van der Waals surface area contributed by atoms with Crippen LogP contribution >= 0.6 is 0 Å². The summed E-state index contributed by atoms with van der Waals surface area (Å²) in [7, 11) is 1.47. The Morgan fingerprint density at radius 2 is 1.04 bits per heavy atom. The molecule has 0 amide bonds. The quantitative estimate of drug-likeness (QED) is 0.261. The van der Waals surface area contributed by atoms with Crippen molar-refractivity contribution in [3.05, 3.63) is 91.0 Å². The summed E-state index contributed by atoms with van der Waals surface area (Å²) in [5, 5.41) is 0.423. The Balaban J connectivity index is 0.00000225. The van der Waals surface area contributed by atoms with Gasteiger partial charge in [-0.05, 0) is 0 Å². The molecule has 0 aliphatic heterocycles. The van der Waals surface area contributed by atoms with Crippen LogP contribution in [0.4, 0.5) is 0 Å². The SMILES string of the molecule is COC(=O)C[As+](c1ccccc1)(c1ccccc1)c1ccccc1.[I-]. The molecule has 0 saturated carbocycles. The van der Waals surface area contributed by atoms with Crippen LogP contribution in [0.1, 0.15) is 0 Å². The van der Waals surface area contributed by atoms with Crippen molar-refractivity contribution in [3.63, 3.8) is 0 Å². The Bertz CT molecular complexity index is 695. The van der Waals surface area contributed by atoms with Crippen LogP contribution in [0, 0.1) is 0 Å². The van der Waals surface area contributed by atoms with E-state index in [0.717, 1.165) is 0 Å². The maximum absolute atomic E-state index is 12.4. The molecule has 0 unspecified atom stereocenters. The predicted octanol–water partition coefficient (Wildman–Crippen LogP) is -0.666. The summed E-state index contributed by atoms with van der Waals surface area (Å²) in [6.07, 6.45) is 0. The normalized spacial score (nSPS) is 10.6. The molecule has 25 heavy (non-hydrogen) atoms. The molecule has 0 spiro atoms. The van der Waals surface area contributed by atoms with Crippen molar-refractivity contribution in [3.8, 4) is 0 Å². The zero-order chi connectivity index (χ0) is 16.8. The molecule has 3 rings (SSSR count). The van der Waals surface area contributed by atoms with Crippen LogP contribution in [0.15, 0.2) is 91.0 Å². The molecule has 4 heteroatoms. The van der Waals surface area contributed by atoms with E-state index in [1.165, 1.54) is 20.2 Å². The minimum Gasteiger partial charge on any atom is -1.00 e. The second kappa shape index (κ2) is 9.21. The van der Waals surface area contributed by atoms with Gasteiger partial charge >= 0.3 is 145 Å². The van der Waals surface area contributed by atoms with Gasteiger partial charge in [-0.25, -0.2) is 0 Å². The summed E-state index contributed by atoms with van der Waals surface area (Å²) >= 11 is -2.94. The number of carbonyl (C=O) groups is 1. The van der Waals surface area contributed by atoms with Gasteiger partial charge in [0, 0.05) is 0 Å². The molecule has 0 saturated heterocycles. The van der Waals surface area contributed by atoms with Crippen LogP contribution in [0.5, 0.6) is 0 Å². The van der Waals surface area contributed by atoms with Gasteiger partial charge in [0.05, 0.1) is 0 Å². The average molecular weight is 506 g/mol. The molecule has 3 aromatic carbocycles. The van der Waals surface area contributed by atoms with E-state index >= 15 is 0 Å². The van der Waals surface area contributed by atoms with Crippen LogP contribution in [-0.4, -0.2) is 26.6 Å². The van der Waals surface area contributed by atoms with Gasteiger partial charge in [0.25, 0.3) is 0 Å². The van der Waals surface area contributed by atoms with Gasteiger partial charge in [0.1, 0.15) is 0 Å². The summed E-state index contributed by atoms with van der Waals surface area (Å²) < 4.78 is 8.82. The van der Waals surface area contributed by atoms with Crippen molar-refractivity contribution in [2.75, 3.05) is 7.11 Å². The molecular formula is C21H20AsIO2. The Hall–Kier alpha value is -1.58. The molecule has 0 heterocycles. The molecule has 0 radical (unpaired) electrons. The topological polar surface area (TPSA) is 26.3 Å². The van der Waals surface area contributed by atoms with E-state index in [1.54, 1.807) is 0 Å². The van der Waals surface area contributed by atoms with E-state index in [9.17, 15) is 4.79 Å². The average Bonchev–Trinajstić information content (AvgIpc) is 2.68. The first-order valence-electron chi connectivity index (χ1n) is 7.89. The number of methoxy groups -OCH3 is 1. The largest absolute Gasteiger partial charge is 1.00 e. The Kier molecular flexibility index (Phi) is 7.27. The minimum absolute atomic E-state index is 0. The van der Waals surface area contributed by atoms with Gasteiger partial charge in [-0.15, -0.1) is 0 Å². The first-order chi connectivity index (χ1) is 11.8. The number of halogens is 1. The molecule has 0 aliphatic carbocycles. The van der Waals surface area contributed by atoms with Crippen molar-refractivity contribution in [2.45, 2.75) is 5.21 Å². The van der Waals surface area contributed by atoms with Crippen LogP contribution < -0.4 is 37.0 Å². The molecule has 3 aromatic rings. The Morgan fingerprint density at radius 3 is 1.32 bits per heavy atom. The number of hydrogen-bond acceptors (Lipinski definition) is 2. The fourth-order valence-corrected chi connectivity index (χ4v) is 11.4. The van der Waals surface area contributed by atoms with Crippen molar-refractivity contribution in [1.82, 2.24) is 0 Å². The van der Waals surface area contributed by atoms with Gasteiger partial charge in [-0.3, -0.25) is 0 Å². The van der Waals surface area contributed by atoms with E-state index < -0.39 is 13.6 Å². The number of ether oxygens (including phenoxy) is 1. The zero-order valence-corrected chi connectivity index (χ0v) is 18.0. The predicted molar refractivity (Wildman–Crippen MR) is 101 cm³/mol. The molecule has 0 N–H and O–H groups in total. The van der Waals surface area contributed by atoms with Crippen LogP contribution in [0.3, 0.4) is 0 Å². The molecule has 0 fully saturated rings. The summed E-state index contributed by atoms with van der Waals surface area (Å²) in [6.45, 7) is 0. The third-order valence-corrected chi connectivity index (χ3v) is 13.1. The molecule has 0 atom stereocenters. The maximum atomic E-state index is 12.4. The fraction of sp³-hybridized carbons (Fsp3) is 0.0952. The van der Waals surface area contributed by atoms with Gasteiger partial charge in [0.15, 0.2) is 0 Å². The summed E-state index contributed by atoms with van der Waals surface area (Å²) in [5.41, 5.74) is 0. The van der Waals surface area contributed by atoms with Gasteiger partial charge < -0.3 is 24.0 Å². The standard InChI is InChI=1S/C21H20AsO2.HI/c1-24-21(23)17-22(18-11-5-2-6-12-18,19-13-7-3-8-14-19)20-15-9-4-10-16-20;/h2-16H,17H2,1H3;1H/q+1;/p-1. The number of rotatable bonds is 5. The van der Waals surface area contributed by atoms with Crippen molar-refractivity contribution >= 4 is 32.6 Å².